The van der Waals surface area contributed by atoms with Gasteiger partial charge >= 0.3 is 0 Å². The lowest BCUT2D eigenvalue weighted by molar-refractivity contribution is 0.400. The molecule has 0 amide bonds. The Bertz CT molecular complexity index is 1830. The van der Waals surface area contributed by atoms with Crippen molar-refractivity contribution in [2.45, 2.75) is 0 Å². The summed E-state index contributed by atoms with van der Waals surface area (Å²) in [6.07, 6.45) is 2.63. The van der Waals surface area contributed by atoms with Crippen LogP contribution in [0.3, 0.4) is 0 Å². The summed E-state index contributed by atoms with van der Waals surface area (Å²) in [5, 5.41) is 3.70. The number of nitrogens with zero attached hydrogens (tertiary/aromatic N) is 2. The number of pyridine rings is 2. The van der Waals surface area contributed by atoms with Gasteiger partial charge in [-0.25, -0.2) is 27.2 Å². The third kappa shape index (κ3) is 5.43. The van der Waals surface area contributed by atoms with Gasteiger partial charge in [0.05, 0.1) is 30.3 Å². The van der Waals surface area contributed by atoms with Gasteiger partial charge in [-0.3, -0.25) is 4.72 Å². The average molecular weight is 548 g/mol. The summed E-state index contributed by atoms with van der Waals surface area (Å²) < 4.78 is 59.7. The molecule has 0 fully saturated rings. The highest BCUT2D eigenvalue weighted by Gasteiger charge is 2.17. The second kappa shape index (κ2) is 10.2. The molecule has 0 aliphatic rings. The molecule has 5 aromatic rings. The molecule has 2 aromatic heterocycles. The Morgan fingerprint density at radius 2 is 1.69 bits per heavy atom. The quantitative estimate of drug-likeness (QED) is 0.230. The number of methoxy groups -OCH3 is 1. The van der Waals surface area contributed by atoms with Gasteiger partial charge in [0.25, 0.3) is 0 Å². The zero-order valence-electron chi connectivity index (χ0n) is 20.9. The van der Waals surface area contributed by atoms with Crippen molar-refractivity contribution in [3.8, 4) is 28.1 Å². The molecule has 0 bridgehead atoms. The summed E-state index contributed by atoms with van der Waals surface area (Å²) in [4.78, 5) is 8.76. The lowest BCUT2D eigenvalue weighted by atomic mass is 9.99. The molecule has 0 spiro atoms. The molecule has 8 nitrogen and oxygen atoms in total. The van der Waals surface area contributed by atoms with E-state index in [0.717, 1.165) is 29.3 Å². The molecule has 5 rings (SSSR count). The van der Waals surface area contributed by atoms with Crippen LogP contribution < -0.4 is 20.5 Å². The predicted octanol–water partition coefficient (Wildman–Crippen LogP) is 5.95. The molecule has 0 saturated carbocycles. The Labute approximate surface area is 223 Å². The zero-order valence-corrected chi connectivity index (χ0v) is 21.7. The van der Waals surface area contributed by atoms with Crippen molar-refractivity contribution in [3.05, 3.63) is 90.6 Å². The Hall–Kier alpha value is -4.77. The third-order valence-electron chi connectivity index (χ3n) is 5.97. The van der Waals surface area contributed by atoms with Crippen molar-refractivity contribution in [2.75, 3.05) is 29.1 Å². The molecule has 0 atom stereocenters. The lowest BCUT2D eigenvalue weighted by Crippen LogP contribution is -2.10. The second-order valence-electron chi connectivity index (χ2n) is 8.74. The molecular weight excluding hydrogens is 524 g/mol. The summed E-state index contributed by atoms with van der Waals surface area (Å²) in [6.45, 7) is 0. The fourth-order valence-electron chi connectivity index (χ4n) is 4.27. The number of aromatic nitrogens is 2. The largest absolute Gasteiger partial charge is 0.479 e. The lowest BCUT2D eigenvalue weighted by Gasteiger charge is -2.16. The molecule has 0 radical (unpaired) electrons. The predicted molar refractivity (Wildman–Crippen MR) is 149 cm³/mol. The Morgan fingerprint density at radius 1 is 0.897 bits per heavy atom. The van der Waals surface area contributed by atoms with Crippen LogP contribution in [0, 0.1) is 11.6 Å². The van der Waals surface area contributed by atoms with Crippen LogP contribution in [-0.2, 0) is 10.0 Å². The normalized spacial score (nSPS) is 11.4. The number of halogens is 2. The molecule has 2 heterocycles. The van der Waals surface area contributed by atoms with Gasteiger partial charge in [0.15, 0.2) is 0 Å². The molecule has 3 aromatic carbocycles. The van der Waals surface area contributed by atoms with Crippen LogP contribution >= 0.6 is 0 Å². The van der Waals surface area contributed by atoms with E-state index in [-0.39, 0.29) is 17.4 Å². The minimum Gasteiger partial charge on any atom is -0.479 e. The Kier molecular flexibility index (Phi) is 6.75. The van der Waals surface area contributed by atoms with Crippen LogP contribution in [0.15, 0.2) is 79.0 Å². The molecule has 0 unspecified atom stereocenters. The fraction of sp³-hybridized carbons (Fsp3) is 0.0714. The first-order chi connectivity index (χ1) is 18.6. The number of fused-ring (bicyclic) bond motifs is 1. The number of hydrogen-bond acceptors (Lipinski definition) is 7. The van der Waals surface area contributed by atoms with E-state index in [2.05, 4.69) is 20.0 Å². The third-order valence-corrected chi connectivity index (χ3v) is 6.56. The van der Waals surface area contributed by atoms with Gasteiger partial charge in [0, 0.05) is 34.3 Å². The second-order valence-corrected chi connectivity index (χ2v) is 10.5. The number of nitrogens with one attached hydrogen (secondary N) is 2. The SMILES string of the molecule is COc1nccc(-c2ccc3nc(N)c(-c4ccccc4NS(C)(=O)=O)cc3c2)c1Nc1ccc(F)cc1F. The number of benzene rings is 3. The topological polar surface area (TPSA) is 119 Å². The zero-order chi connectivity index (χ0) is 27.7. The van der Waals surface area contributed by atoms with Crippen molar-refractivity contribution in [1.82, 2.24) is 9.97 Å². The van der Waals surface area contributed by atoms with Crippen LogP contribution in [0.2, 0.25) is 0 Å². The molecule has 4 N–H and O–H groups in total. The number of hydrogen-bond donors (Lipinski definition) is 3. The maximum absolute atomic E-state index is 14.5. The number of nitrogen functional groups attached to an aromatic ring is 1. The Balaban J connectivity index is 1.64. The smallest absolute Gasteiger partial charge is 0.238 e. The van der Waals surface area contributed by atoms with Crippen molar-refractivity contribution in [2.24, 2.45) is 0 Å². The number of para-hydroxylation sites is 1. The van der Waals surface area contributed by atoms with E-state index in [4.69, 9.17) is 10.5 Å². The van der Waals surface area contributed by atoms with Crippen LogP contribution in [-0.4, -0.2) is 31.8 Å². The monoisotopic (exact) mass is 547 g/mol. The summed E-state index contributed by atoms with van der Waals surface area (Å²) in [6, 6.07) is 19.2. The minimum absolute atomic E-state index is 0.0523. The number of sulfonamides is 1. The van der Waals surface area contributed by atoms with Crippen LogP contribution in [0.1, 0.15) is 0 Å². The van der Waals surface area contributed by atoms with Gasteiger partial charge in [-0.15, -0.1) is 0 Å². The average Bonchev–Trinajstić information content (AvgIpc) is 2.89. The first-order valence-corrected chi connectivity index (χ1v) is 13.5. The molecule has 39 heavy (non-hydrogen) atoms. The number of anilines is 4. The van der Waals surface area contributed by atoms with Crippen LogP contribution in [0.4, 0.5) is 31.7 Å². The molecule has 0 saturated heterocycles. The Morgan fingerprint density at radius 3 is 2.44 bits per heavy atom. The van der Waals surface area contributed by atoms with E-state index in [1.54, 1.807) is 42.6 Å². The molecule has 198 valence electrons. The number of ether oxygens (including phenoxy) is 1. The highest BCUT2D eigenvalue weighted by Crippen LogP contribution is 2.39. The summed E-state index contributed by atoms with van der Waals surface area (Å²) in [5.41, 5.74) is 10.2. The van der Waals surface area contributed by atoms with E-state index >= 15 is 0 Å². The first-order valence-electron chi connectivity index (χ1n) is 11.7. The van der Waals surface area contributed by atoms with Crippen LogP contribution in [0.5, 0.6) is 5.88 Å². The summed E-state index contributed by atoms with van der Waals surface area (Å²) in [5.74, 6) is -1.01. The van der Waals surface area contributed by atoms with E-state index in [0.29, 0.717) is 33.6 Å². The van der Waals surface area contributed by atoms with Gasteiger partial charge in [-0.2, -0.15) is 0 Å². The summed E-state index contributed by atoms with van der Waals surface area (Å²) in [7, 11) is -2.09. The van der Waals surface area contributed by atoms with Crippen molar-refractivity contribution in [1.29, 1.82) is 0 Å². The molecular formula is C28H23F2N5O3S. The highest BCUT2D eigenvalue weighted by atomic mass is 32.2. The van der Waals surface area contributed by atoms with Crippen molar-refractivity contribution >= 4 is 43.8 Å². The molecule has 11 heteroatoms. The molecule has 0 aliphatic heterocycles. The standard InChI is InChI=1S/C28H23F2N5O3S/c1-38-28-26(33-25-10-8-18(29)15-22(25)30)19(11-12-32-28)16-7-9-23-17(13-16)14-21(27(31)34-23)20-5-3-4-6-24(20)35-39(2,36)37/h3-15,33,35H,1-2H3,(H2,31,34). The van der Waals surface area contributed by atoms with Crippen molar-refractivity contribution in [3.63, 3.8) is 0 Å². The van der Waals surface area contributed by atoms with Gasteiger partial charge in [0.2, 0.25) is 15.9 Å². The summed E-state index contributed by atoms with van der Waals surface area (Å²) >= 11 is 0. The van der Waals surface area contributed by atoms with Gasteiger partial charge in [-0.1, -0.05) is 24.3 Å². The van der Waals surface area contributed by atoms with E-state index < -0.39 is 21.7 Å². The number of nitrogens with two attached hydrogens (primary N) is 1. The van der Waals surface area contributed by atoms with Gasteiger partial charge in [0.1, 0.15) is 23.1 Å². The van der Waals surface area contributed by atoms with Crippen LogP contribution in [0.25, 0.3) is 33.2 Å². The maximum atomic E-state index is 14.5. The van der Waals surface area contributed by atoms with E-state index in [9.17, 15) is 17.2 Å². The number of rotatable bonds is 7. The highest BCUT2D eigenvalue weighted by molar-refractivity contribution is 7.92. The minimum atomic E-state index is -3.53. The van der Waals surface area contributed by atoms with Gasteiger partial charge < -0.3 is 15.8 Å². The first kappa shape index (κ1) is 25.9. The van der Waals surface area contributed by atoms with E-state index in [1.807, 2.05) is 18.2 Å². The maximum Gasteiger partial charge on any atom is 0.238 e. The fourth-order valence-corrected chi connectivity index (χ4v) is 4.84. The van der Waals surface area contributed by atoms with Crippen molar-refractivity contribution < 1.29 is 21.9 Å². The molecule has 0 aliphatic carbocycles. The van der Waals surface area contributed by atoms with E-state index in [1.165, 1.54) is 13.2 Å². The van der Waals surface area contributed by atoms with Gasteiger partial charge in [-0.05, 0) is 48.0 Å².